The van der Waals surface area contributed by atoms with Crippen LogP contribution in [0.3, 0.4) is 0 Å². The Morgan fingerprint density at radius 2 is 2.22 bits per heavy atom. The molecule has 0 spiro atoms. The third-order valence-electron chi connectivity index (χ3n) is 3.82. The Hall–Kier alpha value is -0.730. The lowest BCUT2D eigenvalue weighted by molar-refractivity contribution is 0.119. The first-order valence-electron chi connectivity index (χ1n) is 6.79. The topological polar surface area (TPSA) is 29.5 Å². The fourth-order valence-electron chi connectivity index (χ4n) is 2.70. The number of benzene rings is 1. The standard InChI is InChI=1S/C15H21ClO2/c1-2-11-5-3-7-13(9-11)18-15-12(10-17)6-4-8-14(15)16/h4,6,8,11,13,17H,2-3,5,7,9-10H2,1H3. The van der Waals surface area contributed by atoms with Gasteiger partial charge in [0.15, 0.2) is 0 Å². The Bertz CT molecular complexity index is 392. The van der Waals surface area contributed by atoms with Crippen LogP contribution in [0.4, 0.5) is 0 Å². The molecule has 0 bridgehead atoms. The molecular formula is C15H21ClO2. The second kappa shape index (κ2) is 6.44. The van der Waals surface area contributed by atoms with Crippen LogP contribution in [0.2, 0.25) is 5.02 Å². The minimum absolute atomic E-state index is 0.0280. The van der Waals surface area contributed by atoms with Crippen molar-refractivity contribution in [2.45, 2.75) is 51.7 Å². The van der Waals surface area contributed by atoms with Crippen LogP contribution < -0.4 is 4.74 Å². The van der Waals surface area contributed by atoms with Gasteiger partial charge in [-0.2, -0.15) is 0 Å². The maximum Gasteiger partial charge on any atom is 0.143 e. The van der Waals surface area contributed by atoms with Gasteiger partial charge in [0.25, 0.3) is 0 Å². The van der Waals surface area contributed by atoms with E-state index in [4.69, 9.17) is 16.3 Å². The van der Waals surface area contributed by atoms with Gasteiger partial charge in [-0.25, -0.2) is 0 Å². The van der Waals surface area contributed by atoms with E-state index in [2.05, 4.69) is 6.92 Å². The third-order valence-corrected chi connectivity index (χ3v) is 4.11. The van der Waals surface area contributed by atoms with Crippen molar-refractivity contribution >= 4 is 11.6 Å². The van der Waals surface area contributed by atoms with Gasteiger partial charge in [-0.05, 0) is 31.2 Å². The molecule has 1 fully saturated rings. The molecule has 2 atom stereocenters. The fourth-order valence-corrected chi connectivity index (χ4v) is 2.93. The van der Waals surface area contributed by atoms with Crippen molar-refractivity contribution in [3.8, 4) is 5.75 Å². The van der Waals surface area contributed by atoms with Gasteiger partial charge in [-0.3, -0.25) is 0 Å². The fraction of sp³-hybridized carbons (Fsp3) is 0.600. The first-order valence-corrected chi connectivity index (χ1v) is 7.17. The summed E-state index contributed by atoms with van der Waals surface area (Å²) in [6, 6.07) is 5.52. The second-order valence-corrected chi connectivity index (χ2v) is 5.47. The molecule has 1 aliphatic carbocycles. The lowest BCUT2D eigenvalue weighted by atomic mass is 9.85. The van der Waals surface area contributed by atoms with Crippen molar-refractivity contribution in [1.82, 2.24) is 0 Å². The van der Waals surface area contributed by atoms with Gasteiger partial charge in [0.05, 0.1) is 17.7 Å². The van der Waals surface area contributed by atoms with Crippen molar-refractivity contribution < 1.29 is 9.84 Å². The van der Waals surface area contributed by atoms with E-state index in [-0.39, 0.29) is 12.7 Å². The van der Waals surface area contributed by atoms with Crippen LogP contribution in [0.25, 0.3) is 0 Å². The van der Waals surface area contributed by atoms with Gasteiger partial charge >= 0.3 is 0 Å². The zero-order valence-corrected chi connectivity index (χ0v) is 11.6. The lowest BCUT2D eigenvalue weighted by Crippen LogP contribution is -2.25. The average Bonchev–Trinajstić information content (AvgIpc) is 2.41. The zero-order valence-electron chi connectivity index (χ0n) is 10.9. The van der Waals surface area contributed by atoms with E-state index >= 15 is 0 Å². The Morgan fingerprint density at radius 3 is 2.94 bits per heavy atom. The van der Waals surface area contributed by atoms with Crippen molar-refractivity contribution in [1.29, 1.82) is 0 Å². The normalized spacial score (nSPS) is 23.9. The van der Waals surface area contributed by atoms with E-state index in [9.17, 15) is 5.11 Å². The summed E-state index contributed by atoms with van der Waals surface area (Å²) in [6.07, 6.45) is 6.19. The molecule has 0 radical (unpaired) electrons. The lowest BCUT2D eigenvalue weighted by Gasteiger charge is -2.29. The molecule has 0 saturated heterocycles. The predicted molar refractivity (Wildman–Crippen MR) is 74.0 cm³/mol. The highest BCUT2D eigenvalue weighted by Gasteiger charge is 2.23. The minimum atomic E-state index is -0.0280. The average molecular weight is 269 g/mol. The first kappa shape index (κ1) is 13.7. The molecule has 1 aromatic carbocycles. The summed E-state index contributed by atoms with van der Waals surface area (Å²) in [7, 11) is 0. The van der Waals surface area contributed by atoms with Crippen molar-refractivity contribution in [3.63, 3.8) is 0 Å². The van der Waals surface area contributed by atoms with Gasteiger partial charge in [-0.1, -0.05) is 43.5 Å². The quantitative estimate of drug-likeness (QED) is 0.888. The van der Waals surface area contributed by atoms with Crippen molar-refractivity contribution in [3.05, 3.63) is 28.8 Å². The van der Waals surface area contributed by atoms with Crippen molar-refractivity contribution in [2.75, 3.05) is 0 Å². The molecular weight excluding hydrogens is 248 g/mol. The second-order valence-electron chi connectivity index (χ2n) is 5.07. The van der Waals surface area contributed by atoms with E-state index in [1.807, 2.05) is 18.2 Å². The number of halogens is 1. The number of rotatable bonds is 4. The highest BCUT2D eigenvalue weighted by molar-refractivity contribution is 6.32. The van der Waals surface area contributed by atoms with Crippen LogP contribution in [0.15, 0.2) is 18.2 Å². The Kier molecular flexibility index (Phi) is 4.90. The highest BCUT2D eigenvalue weighted by atomic mass is 35.5. The summed E-state index contributed by atoms with van der Waals surface area (Å²) in [5.41, 5.74) is 0.779. The van der Waals surface area contributed by atoms with Crippen molar-refractivity contribution in [2.24, 2.45) is 5.92 Å². The smallest absolute Gasteiger partial charge is 0.143 e. The number of ether oxygens (including phenoxy) is 1. The number of para-hydroxylation sites is 1. The van der Waals surface area contributed by atoms with Crippen LogP contribution >= 0.6 is 11.6 Å². The molecule has 0 amide bonds. The Balaban J connectivity index is 2.09. The summed E-state index contributed by atoms with van der Waals surface area (Å²) < 4.78 is 6.05. The molecule has 1 N–H and O–H groups in total. The van der Waals surface area contributed by atoms with Crippen LogP contribution in [0.5, 0.6) is 5.75 Å². The molecule has 2 nitrogen and oxygen atoms in total. The van der Waals surface area contributed by atoms with Crippen LogP contribution in [0, 0.1) is 5.92 Å². The molecule has 0 aliphatic heterocycles. The van der Waals surface area contributed by atoms with Gasteiger partial charge < -0.3 is 9.84 Å². The molecule has 18 heavy (non-hydrogen) atoms. The molecule has 1 aromatic rings. The maximum absolute atomic E-state index is 9.33. The summed E-state index contributed by atoms with van der Waals surface area (Å²) in [5.74, 6) is 1.44. The number of aliphatic hydroxyl groups excluding tert-OH is 1. The third kappa shape index (κ3) is 3.18. The van der Waals surface area contributed by atoms with Crippen LogP contribution in [0.1, 0.15) is 44.6 Å². The van der Waals surface area contributed by atoms with E-state index in [0.29, 0.717) is 10.8 Å². The number of hydrogen-bond donors (Lipinski definition) is 1. The van der Waals surface area contributed by atoms with Gasteiger partial charge in [0.1, 0.15) is 5.75 Å². The van der Waals surface area contributed by atoms with Gasteiger partial charge in [-0.15, -0.1) is 0 Å². The monoisotopic (exact) mass is 268 g/mol. The zero-order chi connectivity index (χ0) is 13.0. The van der Waals surface area contributed by atoms with Crippen LogP contribution in [-0.2, 0) is 6.61 Å². The molecule has 2 unspecified atom stereocenters. The molecule has 1 saturated carbocycles. The molecule has 3 heteroatoms. The molecule has 0 heterocycles. The minimum Gasteiger partial charge on any atom is -0.488 e. The van der Waals surface area contributed by atoms with E-state index in [1.54, 1.807) is 0 Å². The highest BCUT2D eigenvalue weighted by Crippen LogP contribution is 2.34. The predicted octanol–water partition coefficient (Wildman–Crippen LogP) is 4.18. The molecule has 2 rings (SSSR count). The first-order chi connectivity index (χ1) is 8.74. The number of hydrogen-bond acceptors (Lipinski definition) is 2. The molecule has 100 valence electrons. The summed E-state index contributed by atoms with van der Waals surface area (Å²) in [6.45, 7) is 2.21. The molecule has 0 aromatic heterocycles. The summed E-state index contributed by atoms with van der Waals surface area (Å²) in [5, 5.41) is 9.93. The summed E-state index contributed by atoms with van der Waals surface area (Å²) in [4.78, 5) is 0. The van der Waals surface area contributed by atoms with E-state index in [0.717, 1.165) is 24.3 Å². The maximum atomic E-state index is 9.33. The van der Waals surface area contributed by atoms with E-state index < -0.39 is 0 Å². The number of aliphatic hydroxyl groups is 1. The SMILES string of the molecule is CCC1CCCC(Oc2c(Cl)cccc2CO)C1. The molecule has 1 aliphatic rings. The largest absolute Gasteiger partial charge is 0.488 e. The van der Waals surface area contributed by atoms with Gasteiger partial charge in [0, 0.05) is 5.56 Å². The van der Waals surface area contributed by atoms with Gasteiger partial charge in [0.2, 0.25) is 0 Å². The van der Waals surface area contributed by atoms with Crippen LogP contribution in [-0.4, -0.2) is 11.2 Å². The Labute approximate surface area is 114 Å². The van der Waals surface area contributed by atoms with E-state index in [1.165, 1.54) is 19.3 Å². The Morgan fingerprint density at radius 1 is 1.39 bits per heavy atom. The summed E-state index contributed by atoms with van der Waals surface area (Å²) >= 11 is 6.16.